The van der Waals surface area contributed by atoms with Crippen LogP contribution in [0.15, 0.2) is 12.2 Å². The molecule has 4 nitrogen and oxygen atoms in total. The highest BCUT2D eigenvalue weighted by Crippen LogP contribution is 2.16. The van der Waals surface area contributed by atoms with Crippen molar-refractivity contribution in [2.75, 3.05) is 6.61 Å². The molecular formula is C41H81NO3. The molecule has 4 heteroatoms. The molecule has 268 valence electrons. The van der Waals surface area contributed by atoms with Gasteiger partial charge in [-0.15, -0.1) is 0 Å². The average Bonchev–Trinajstić information content (AvgIpc) is 3.04. The van der Waals surface area contributed by atoms with Crippen molar-refractivity contribution in [3.05, 3.63) is 12.2 Å². The van der Waals surface area contributed by atoms with Crippen molar-refractivity contribution < 1.29 is 15.0 Å². The van der Waals surface area contributed by atoms with Gasteiger partial charge >= 0.3 is 0 Å². The Morgan fingerprint density at radius 1 is 0.511 bits per heavy atom. The molecule has 0 saturated carbocycles. The van der Waals surface area contributed by atoms with Gasteiger partial charge in [0.25, 0.3) is 0 Å². The van der Waals surface area contributed by atoms with E-state index in [1.807, 2.05) is 6.08 Å². The molecule has 45 heavy (non-hydrogen) atoms. The molecule has 0 aromatic carbocycles. The number of allylic oxidation sites excluding steroid dienone is 1. The number of amides is 1. The molecule has 0 bridgehead atoms. The zero-order valence-electron chi connectivity index (χ0n) is 30.7. The van der Waals surface area contributed by atoms with Crippen LogP contribution in [-0.2, 0) is 4.79 Å². The number of carbonyl (C=O) groups is 1. The largest absolute Gasteiger partial charge is 0.394 e. The first-order chi connectivity index (χ1) is 22.2. The third-order valence-corrected chi connectivity index (χ3v) is 9.52. The van der Waals surface area contributed by atoms with Crippen molar-refractivity contribution in [2.45, 2.75) is 238 Å². The van der Waals surface area contributed by atoms with Crippen LogP contribution in [0, 0.1) is 0 Å². The minimum absolute atomic E-state index is 0.0657. The zero-order valence-corrected chi connectivity index (χ0v) is 30.7. The Morgan fingerprint density at radius 2 is 0.822 bits per heavy atom. The van der Waals surface area contributed by atoms with Crippen LogP contribution in [0.5, 0.6) is 0 Å². The van der Waals surface area contributed by atoms with Gasteiger partial charge in [0.2, 0.25) is 5.91 Å². The van der Waals surface area contributed by atoms with Crippen molar-refractivity contribution in [2.24, 2.45) is 0 Å². The molecule has 0 aromatic heterocycles. The van der Waals surface area contributed by atoms with E-state index >= 15 is 0 Å². The number of aliphatic hydroxyl groups excluding tert-OH is 2. The first-order valence-corrected chi connectivity index (χ1v) is 20.4. The fourth-order valence-electron chi connectivity index (χ4n) is 6.35. The first-order valence-electron chi connectivity index (χ1n) is 20.4. The minimum Gasteiger partial charge on any atom is -0.394 e. The summed E-state index contributed by atoms with van der Waals surface area (Å²) in [6.45, 7) is 4.25. The van der Waals surface area contributed by atoms with E-state index in [0.29, 0.717) is 6.42 Å². The molecule has 0 spiro atoms. The molecule has 0 heterocycles. The molecule has 0 aliphatic carbocycles. The maximum atomic E-state index is 12.2. The summed E-state index contributed by atoms with van der Waals surface area (Å²) >= 11 is 0. The molecule has 0 aliphatic heterocycles. The Morgan fingerprint density at radius 3 is 1.16 bits per heavy atom. The Bertz CT molecular complexity index is 608. The number of hydrogen-bond donors (Lipinski definition) is 3. The van der Waals surface area contributed by atoms with Crippen LogP contribution >= 0.6 is 0 Å². The molecule has 0 rings (SSSR count). The second kappa shape index (κ2) is 37.6. The topological polar surface area (TPSA) is 69.6 Å². The lowest BCUT2D eigenvalue weighted by Gasteiger charge is -2.20. The number of aliphatic hydroxyl groups is 2. The second-order valence-electron chi connectivity index (χ2n) is 14.1. The van der Waals surface area contributed by atoms with E-state index in [1.165, 1.54) is 180 Å². The zero-order chi connectivity index (χ0) is 32.9. The lowest BCUT2D eigenvalue weighted by molar-refractivity contribution is -0.123. The maximum absolute atomic E-state index is 12.2. The Balaban J connectivity index is 3.36. The fourth-order valence-corrected chi connectivity index (χ4v) is 6.35. The number of unbranched alkanes of at least 4 members (excludes halogenated alkanes) is 30. The van der Waals surface area contributed by atoms with E-state index < -0.39 is 12.1 Å². The van der Waals surface area contributed by atoms with Gasteiger partial charge in [0, 0.05) is 6.42 Å². The van der Waals surface area contributed by atoms with Crippen molar-refractivity contribution in [1.29, 1.82) is 0 Å². The normalized spacial score (nSPS) is 13.1. The highest BCUT2D eigenvalue weighted by atomic mass is 16.3. The standard InChI is InChI=1S/C41H81NO3/c1-3-5-7-9-11-12-13-14-15-16-17-18-19-20-21-22-23-24-25-26-27-28-29-30-31-33-35-37-41(45)42-39(38-43)40(44)36-34-32-10-8-6-4-2/h34,36,39-40,43-44H,3-33,35,37-38H2,1-2H3,(H,42,45)/b36-34+. The molecular weight excluding hydrogens is 554 g/mol. The van der Waals surface area contributed by atoms with Gasteiger partial charge in [-0.25, -0.2) is 0 Å². The van der Waals surface area contributed by atoms with Crippen molar-refractivity contribution in [3.63, 3.8) is 0 Å². The van der Waals surface area contributed by atoms with Gasteiger partial charge in [-0.2, -0.15) is 0 Å². The lowest BCUT2D eigenvalue weighted by atomic mass is 10.0. The predicted octanol–water partition coefficient (Wildman–Crippen LogP) is 12.3. The SMILES string of the molecule is CCCCCC/C=C/C(O)C(CO)NC(=O)CCCCCCCCCCCCCCCCCCCCCCCCCCCCC. The van der Waals surface area contributed by atoms with E-state index in [0.717, 1.165) is 25.7 Å². The second-order valence-corrected chi connectivity index (χ2v) is 14.1. The van der Waals surface area contributed by atoms with Crippen LogP contribution in [0.2, 0.25) is 0 Å². The van der Waals surface area contributed by atoms with Crippen molar-refractivity contribution in [3.8, 4) is 0 Å². The summed E-state index contributed by atoms with van der Waals surface area (Å²) in [5.41, 5.74) is 0. The minimum atomic E-state index is -0.830. The van der Waals surface area contributed by atoms with E-state index in [2.05, 4.69) is 19.2 Å². The van der Waals surface area contributed by atoms with Gasteiger partial charge in [0.1, 0.15) is 0 Å². The van der Waals surface area contributed by atoms with Crippen LogP contribution in [0.25, 0.3) is 0 Å². The molecule has 1 amide bonds. The molecule has 2 unspecified atom stereocenters. The molecule has 0 fully saturated rings. The lowest BCUT2D eigenvalue weighted by Crippen LogP contribution is -2.45. The van der Waals surface area contributed by atoms with E-state index in [-0.39, 0.29) is 12.5 Å². The quantitative estimate of drug-likeness (QED) is 0.0470. The summed E-state index contributed by atoms with van der Waals surface area (Å²) in [7, 11) is 0. The molecule has 0 saturated heterocycles. The van der Waals surface area contributed by atoms with E-state index in [9.17, 15) is 15.0 Å². The van der Waals surface area contributed by atoms with E-state index in [4.69, 9.17) is 0 Å². The van der Waals surface area contributed by atoms with Crippen molar-refractivity contribution >= 4 is 5.91 Å². The van der Waals surface area contributed by atoms with Crippen LogP contribution in [0.3, 0.4) is 0 Å². The monoisotopic (exact) mass is 636 g/mol. The number of carbonyl (C=O) groups excluding carboxylic acids is 1. The molecule has 0 aliphatic rings. The Hall–Kier alpha value is -0.870. The van der Waals surface area contributed by atoms with Gasteiger partial charge in [0.15, 0.2) is 0 Å². The van der Waals surface area contributed by atoms with Crippen LogP contribution in [0.4, 0.5) is 0 Å². The Labute approximate surface area is 282 Å². The van der Waals surface area contributed by atoms with E-state index in [1.54, 1.807) is 6.08 Å². The highest BCUT2D eigenvalue weighted by Gasteiger charge is 2.17. The molecule has 0 radical (unpaired) electrons. The summed E-state index contributed by atoms with van der Waals surface area (Å²) in [6.07, 6.45) is 46.4. The number of nitrogens with one attached hydrogen (secondary N) is 1. The Kier molecular flexibility index (Phi) is 36.9. The summed E-state index contributed by atoms with van der Waals surface area (Å²) in [6, 6.07) is -0.613. The first kappa shape index (κ1) is 44.1. The third-order valence-electron chi connectivity index (χ3n) is 9.52. The van der Waals surface area contributed by atoms with Gasteiger partial charge in [-0.05, 0) is 19.3 Å². The highest BCUT2D eigenvalue weighted by molar-refractivity contribution is 5.76. The predicted molar refractivity (Wildman–Crippen MR) is 198 cm³/mol. The smallest absolute Gasteiger partial charge is 0.220 e. The van der Waals surface area contributed by atoms with Crippen LogP contribution in [0.1, 0.15) is 226 Å². The van der Waals surface area contributed by atoms with Crippen LogP contribution in [-0.4, -0.2) is 34.9 Å². The molecule has 3 N–H and O–H groups in total. The van der Waals surface area contributed by atoms with Crippen molar-refractivity contribution in [1.82, 2.24) is 5.32 Å². The number of hydrogen-bond acceptors (Lipinski definition) is 3. The van der Waals surface area contributed by atoms with Gasteiger partial charge in [-0.3, -0.25) is 4.79 Å². The van der Waals surface area contributed by atoms with Gasteiger partial charge in [-0.1, -0.05) is 212 Å². The van der Waals surface area contributed by atoms with Crippen LogP contribution < -0.4 is 5.32 Å². The fraction of sp³-hybridized carbons (Fsp3) is 0.927. The third kappa shape index (κ3) is 34.3. The average molecular weight is 636 g/mol. The van der Waals surface area contributed by atoms with Gasteiger partial charge in [0.05, 0.1) is 18.8 Å². The van der Waals surface area contributed by atoms with Gasteiger partial charge < -0.3 is 15.5 Å². The maximum Gasteiger partial charge on any atom is 0.220 e. The summed E-state index contributed by atoms with van der Waals surface area (Å²) in [5.74, 6) is -0.0657. The molecule has 0 aromatic rings. The number of rotatable bonds is 37. The summed E-state index contributed by atoms with van der Waals surface area (Å²) < 4.78 is 0. The molecule has 2 atom stereocenters. The summed E-state index contributed by atoms with van der Waals surface area (Å²) in [5, 5.41) is 22.7. The summed E-state index contributed by atoms with van der Waals surface area (Å²) in [4.78, 5) is 12.2.